The number of nitrogens with zero attached hydrogens (tertiary/aromatic N) is 6. The summed E-state index contributed by atoms with van der Waals surface area (Å²) in [4.78, 5) is 39.2. The van der Waals surface area contributed by atoms with Crippen LogP contribution in [0, 0.1) is 35.0 Å². The second-order valence-corrected chi connectivity index (χ2v) is 15.1. The number of methoxy groups -OCH3 is 1. The number of ether oxygens (including phenoxy) is 1. The summed E-state index contributed by atoms with van der Waals surface area (Å²) in [5, 5.41) is 13.6. The summed E-state index contributed by atoms with van der Waals surface area (Å²) in [5.41, 5.74) is 11.4. The average molecular weight is 633 g/mol. The topological polar surface area (TPSA) is 144 Å². The van der Waals surface area contributed by atoms with Crippen molar-refractivity contribution < 1.29 is 14.3 Å². The molecule has 11 heteroatoms. The Kier molecular flexibility index (Phi) is 6.00. The van der Waals surface area contributed by atoms with Gasteiger partial charge in [-0.25, -0.2) is 9.97 Å². The minimum absolute atomic E-state index is 0.00663. The minimum Gasteiger partial charge on any atom is -0.482 e. The van der Waals surface area contributed by atoms with Gasteiger partial charge in [0.05, 0.1) is 47.1 Å². The van der Waals surface area contributed by atoms with Crippen LogP contribution in [-0.4, -0.2) is 60.9 Å². The fourth-order valence-electron chi connectivity index (χ4n) is 9.19. The Morgan fingerprint density at radius 2 is 1.94 bits per heavy atom. The van der Waals surface area contributed by atoms with Crippen molar-refractivity contribution >= 4 is 28.5 Å². The molecule has 0 unspecified atom stereocenters. The number of hydrogen-bond acceptors (Lipinski definition) is 7. The first-order chi connectivity index (χ1) is 22.6. The van der Waals surface area contributed by atoms with Gasteiger partial charge in [0.1, 0.15) is 17.0 Å². The highest BCUT2D eigenvalue weighted by atomic mass is 16.5. The van der Waals surface area contributed by atoms with Crippen molar-refractivity contribution in [1.29, 1.82) is 5.26 Å². The number of aromatic nitrogens is 4. The molecule has 4 bridgehead atoms. The van der Waals surface area contributed by atoms with E-state index in [1.54, 1.807) is 7.11 Å². The lowest BCUT2D eigenvalue weighted by Gasteiger charge is -2.65. The third-order valence-corrected chi connectivity index (χ3v) is 11.9. The predicted molar refractivity (Wildman–Crippen MR) is 174 cm³/mol. The van der Waals surface area contributed by atoms with Crippen molar-refractivity contribution in [3.63, 3.8) is 0 Å². The molecule has 2 aliphatic heterocycles. The molecule has 242 valence electrons. The van der Waals surface area contributed by atoms with Gasteiger partial charge in [0.25, 0.3) is 5.91 Å². The molecule has 4 aromatic heterocycles. The molecule has 6 heterocycles. The van der Waals surface area contributed by atoms with E-state index in [1.807, 2.05) is 41.3 Å². The van der Waals surface area contributed by atoms with Gasteiger partial charge in [0.15, 0.2) is 5.88 Å². The lowest BCUT2D eigenvalue weighted by Crippen LogP contribution is -2.67. The largest absolute Gasteiger partial charge is 0.482 e. The fraction of sp³-hybridized carbons (Fsp3) is 0.528. The van der Waals surface area contributed by atoms with Crippen molar-refractivity contribution in [2.45, 2.75) is 95.9 Å². The molecule has 11 nitrogen and oxygen atoms in total. The summed E-state index contributed by atoms with van der Waals surface area (Å²) in [6.45, 7) is 4.85. The number of nitrogens with two attached hydrogens (primary N) is 1. The summed E-state index contributed by atoms with van der Waals surface area (Å²) in [6.07, 6.45) is 7.20. The molecule has 2 amide bonds. The Hall–Kier alpha value is -4.43. The quantitative estimate of drug-likeness (QED) is 0.288. The van der Waals surface area contributed by atoms with E-state index in [0.717, 1.165) is 59.6 Å². The Morgan fingerprint density at radius 3 is 2.60 bits per heavy atom. The Morgan fingerprint density at radius 1 is 1.15 bits per heavy atom. The number of nitrogens with one attached hydrogen (secondary N) is 1. The molecular weight excluding hydrogens is 592 g/mol. The third kappa shape index (κ3) is 4.13. The van der Waals surface area contributed by atoms with Crippen LogP contribution in [0.15, 0.2) is 30.3 Å². The molecule has 2 saturated heterocycles. The van der Waals surface area contributed by atoms with Gasteiger partial charge < -0.3 is 25.3 Å². The summed E-state index contributed by atoms with van der Waals surface area (Å²) in [5.74, 6) is 1.18. The standard InChI is InChI=1S/C36H40N8O3/c1-19(39-34(46)36-15-35(16-36,17-36)18-37)26-8-6-22-10-28(42(32(22)40-26)14-21-4-5-21)31-20(2)43-29(41-31)11-23(12-30(43)47-3)33(45)44-24-7-9-27(44)25(38)13-24/h6,8,10-12,19,21,24-25,27H,4-5,7,9,13-17,38H2,1-3H3,(H,39,46)/t19-,24+,25-,27-,35?,36?/m1/s1. The Labute approximate surface area is 273 Å². The van der Waals surface area contributed by atoms with Crippen LogP contribution >= 0.6 is 0 Å². The zero-order chi connectivity index (χ0) is 32.4. The van der Waals surface area contributed by atoms with E-state index < -0.39 is 0 Å². The zero-order valence-corrected chi connectivity index (χ0v) is 27.1. The van der Waals surface area contributed by atoms with Crippen LogP contribution < -0.4 is 15.8 Å². The monoisotopic (exact) mass is 632 g/mol. The molecule has 0 aromatic carbocycles. The smallest absolute Gasteiger partial charge is 0.254 e. The van der Waals surface area contributed by atoms with Crippen LogP contribution in [0.1, 0.15) is 86.1 Å². The molecule has 4 atom stereocenters. The van der Waals surface area contributed by atoms with Crippen LogP contribution in [0.5, 0.6) is 5.88 Å². The number of fused-ring (bicyclic) bond motifs is 4. The van der Waals surface area contributed by atoms with Crippen molar-refractivity contribution in [2.75, 3.05) is 7.11 Å². The average Bonchev–Trinajstić information content (AvgIpc) is 3.34. The maximum absolute atomic E-state index is 13.8. The van der Waals surface area contributed by atoms with Gasteiger partial charge in [-0.05, 0) is 95.4 Å². The highest BCUT2D eigenvalue weighted by molar-refractivity contribution is 5.97. The molecule has 0 radical (unpaired) electrons. The fourth-order valence-corrected chi connectivity index (χ4v) is 9.19. The maximum Gasteiger partial charge on any atom is 0.254 e. The van der Waals surface area contributed by atoms with Gasteiger partial charge >= 0.3 is 0 Å². The number of hydrogen-bond donors (Lipinski definition) is 2. The van der Waals surface area contributed by atoms with Crippen LogP contribution in [0.3, 0.4) is 0 Å². The van der Waals surface area contributed by atoms with Crippen LogP contribution in [0.25, 0.3) is 28.1 Å². The van der Waals surface area contributed by atoms with E-state index in [1.165, 1.54) is 12.8 Å². The lowest BCUT2D eigenvalue weighted by atomic mass is 9.35. The van der Waals surface area contributed by atoms with Crippen molar-refractivity contribution in [1.82, 2.24) is 29.2 Å². The first-order valence-electron chi connectivity index (χ1n) is 17.0. The van der Waals surface area contributed by atoms with E-state index in [4.69, 9.17) is 20.4 Å². The van der Waals surface area contributed by atoms with Crippen LogP contribution in [0.4, 0.5) is 0 Å². The molecule has 4 saturated carbocycles. The summed E-state index contributed by atoms with van der Waals surface area (Å²) in [7, 11) is 1.63. The van der Waals surface area contributed by atoms with E-state index in [0.29, 0.717) is 42.3 Å². The second kappa shape index (κ2) is 9.80. The number of rotatable bonds is 8. The highest BCUT2D eigenvalue weighted by Crippen LogP contribution is 2.73. The Bertz CT molecular complexity index is 2030. The van der Waals surface area contributed by atoms with Crippen LogP contribution in [0.2, 0.25) is 0 Å². The minimum atomic E-state index is -0.374. The highest BCUT2D eigenvalue weighted by Gasteiger charge is 2.72. The first kappa shape index (κ1) is 28.8. The lowest BCUT2D eigenvalue weighted by molar-refractivity contribution is -0.185. The molecule has 6 aliphatic rings. The Balaban J connectivity index is 1.07. The number of pyridine rings is 2. The molecule has 4 aliphatic carbocycles. The summed E-state index contributed by atoms with van der Waals surface area (Å²) < 4.78 is 10.1. The summed E-state index contributed by atoms with van der Waals surface area (Å²) in [6, 6.07) is 12.4. The van der Waals surface area contributed by atoms with Crippen molar-refractivity contribution in [3.8, 4) is 23.3 Å². The van der Waals surface area contributed by atoms with Gasteiger partial charge in [0, 0.05) is 41.7 Å². The van der Waals surface area contributed by atoms with Crippen molar-refractivity contribution in [3.05, 3.63) is 47.3 Å². The molecule has 47 heavy (non-hydrogen) atoms. The predicted octanol–water partition coefficient (Wildman–Crippen LogP) is 4.65. The SMILES string of the molecule is COc1cc(C(=O)N2[C@H]3CC[C@@H]2[C@H](N)C3)cc2nc(-c3cc4ccc([C@@H](C)NC(=O)C56CC(C#N)(C5)C6)nc4n3CC3CC3)c(C)n12. The summed E-state index contributed by atoms with van der Waals surface area (Å²) >= 11 is 0. The number of aryl methyl sites for hydroxylation is 1. The second-order valence-electron chi connectivity index (χ2n) is 15.1. The number of carbonyl (C=O) groups excluding carboxylic acids is 2. The molecule has 0 spiro atoms. The third-order valence-electron chi connectivity index (χ3n) is 11.9. The number of imidazole rings is 1. The number of amides is 2. The van der Waals surface area contributed by atoms with Crippen LogP contribution in [-0.2, 0) is 11.3 Å². The van der Waals surface area contributed by atoms with E-state index in [-0.39, 0.29) is 46.8 Å². The molecule has 10 rings (SSSR count). The van der Waals surface area contributed by atoms with Gasteiger partial charge in [-0.3, -0.25) is 14.0 Å². The molecular formula is C36H40N8O3. The molecule has 3 N–H and O–H groups in total. The first-order valence-corrected chi connectivity index (χ1v) is 17.0. The van der Waals surface area contributed by atoms with Gasteiger partial charge in [-0.15, -0.1) is 0 Å². The number of carbonyl (C=O) groups is 2. The molecule has 4 aromatic rings. The van der Waals surface area contributed by atoms with E-state index >= 15 is 0 Å². The van der Waals surface area contributed by atoms with Gasteiger partial charge in [-0.2, -0.15) is 5.26 Å². The van der Waals surface area contributed by atoms with Gasteiger partial charge in [0.2, 0.25) is 5.91 Å². The normalized spacial score (nSPS) is 29.4. The van der Waals surface area contributed by atoms with Crippen molar-refractivity contribution in [2.24, 2.45) is 22.5 Å². The van der Waals surface area contributed by atoms with E-state index in [2.05, 4.69) is 28.1 Å². The maximum atomic E-state index is 13.8. The zero-order valence-electron chi connectivity index (χ0n) is 27.1. The van der Waals surface area contributed by atoms with E-state index in [9.17, 15) is 14.9 Å². The number of nitriles is 1. The molecule has 6 fully saturated rings. The van der Waals surface area contributed by atoms with Gasteiger partial charge in [-0.1, -0.05) is 0 Å².